The molecular weight excluding hydrogens is 278 g/mol. The van der Waals surface area contributed by atoms with Crippen molar-refractivity contribution in [1.29, 1.82) is 0 Å². The first-order valence-corrected chi connectivity index (χ1v) is 6.79. The van der Waals surface area contributed by atoms with Gasteiger partial charge in [0.05, 0.1) is 17.3 Å². The number of hydrazine groups is 1. The minimum absolute atomic E-state index is 0.566. The van der Waals surface area contributed by atoms with E-state index in [2.05, 4.69) is 30.7 Å². The second-order valence-electron chi connectivity index (χ2n) is 4.15. The minimum atomic E-state index is 0.566. The van der Waals surface area contributed by atoms with Crippen LogP contribution in [-0.4, -0.2) is 34.5 Å². The molecule has 104 valence electrons. The molecule has 0 radical (unpaired) electrons. The van der Waals surface area contributed by atoms with Gasteiger partial charge < -0.3 is 9.99 Å². The summed E-state index contributed by atoms with van der Waals surface area (Å²) in [5.41, 5.74) is 3.32. The van der Waals surface area contributed by atoms with Crippen LogP contribution in [0.3, 0.4) is 0 Å². The molecule has 3 aromatic rings. The van der Waals surface area contributed by atoms with Crippen molar-refractivity contribution >= 4 is 28.6 Å². The van der Waals surface area contributed by atoms with Crippen molar-refractivity contribution in [3.05, 3.63) is 18.3 Å². The van der Waals surface area contributed by atoms with E-state index in [1.165, 1.54) is 11.8 Å². The fourth-order valence-corrected chi connectivity index (χ4v) is 2.52. The van der Waals surface area contributed by atoms with Gasteiger partial charge >= 0.3 is 0 Å². The summed E-state index contributed by atoms with van der Waals surface area (Å²) in [6.45, 7) is 0. The third-order valence-electron chi connectivity index (χ3n) is 2.78. The molecule has 0 amide bonds. The van der Waals surface area contributed by atoms with E-state index >= 15 is 0 Å². The summed E-state index contributed by atoms with van der Waals surface area (Å²) >= 11 is 1.51. The number of hydrogen-bond acceptors (Lipinski definition) is 8. The maximum Gasteiger partial charge on any atom is 0.191 e. The predicted octanol–water partition coefficient (Wildman–Crippen LogP) is 0.0697. The number of nitrogen functional groups attached to an aromatic ring is 1. The first-order valence-electron chi connectivity index (χ1n) is 5.81. The average molecular weight is 291 g/mol. The molecule has 0 fully saturated rings. The van der Waals surface area contributed by atoms with Crippen LogP contribution in [0.25, 0.3) is 11.0 Å². The second-order valence-corrected chi connectivity index (χ2v) is 5.09. The third kappa shape index (κ3) is 2.18. The number of aryl methyl sites for hydroxylation is 2. The van der Waals surface area contributed by atoms with Crippen LogP contribution in [0.1, 0.15) is 5.82 Å². The lowest BCUT2D eigenvalue weighted by Gasteiger charge is -2.05. The topological polar surface area (TPSA) is 112 Å². The molecule has 0 aromatic carbocycles. The van der Waals surface area contributed by atoms with E-state index in [1.807, 2.05) is 18.7 Å². The van der Waals surface area contributed by atoms with Crippen molar-refractivity contribution in [1.82, 2.24) is 34.5 Å². The molecule has 0 unspecified atom stereocenters. The second kappa shape index (κ2) is 5.06. The summed E-state index contributed by atoms with van der Waals surface area (Å²) in [6, 6.07) is 0. The van der Waals surface area contributed by atoms with Crippen molar-refractivity contribution in [2.75, 3.05) is 5.43 Å². The zero-order valence-corrected chi connectivity index (χ0v) is 11.8. The average Bonchev–Trinajstić information content (AvgIpc) is 3.03. The number of nitrogens with two attached hydrogens (primary N) is 1. The fourth-order valence-electron chi connectivity index (χ4n) is 1.77. The molecule has 3 heterocycles. The van der Waals surface area contributed by atoms with Gasteiger partial charge in [0.1, 0.15) is 12.2 Å². The Morgan fingerprint density at radius 3 is 2.90 bits per heavy atom. The van der Waals surface area contributed by atoms with Gasteiger partial charge in [-0.2, -0.15) is 5.10 Å². The van der Waals surface area contributed by atoms with E-state index in [0.717, 1.165) is 16.2 Å². The SMILES string of the molecule is Cn1cnnc1SCc1nc(NN)c2cnn(C)c2n1. The smallest absolute Gasteiger partial charge is 0.191 e. The van der Waals surface area contributed by atoms with Gasteiger partial charge in [0.15, 0.2) is 16.6 Å². The molecule has 0 saturated carbocycles. The first-order chi connectivity index (χ1) is 9.69. The van der Waals surface area contributed by atoms with Gasteiger partial charge in [0.25, 0.3) is 0 Å². The molecule has 3 aromatic heterocycles. The number of aromatic nitrogens is 7. The highest BCUT2D eigenvalue weighted by Gasteiger charge is 2.12. The number of fused-ring (bicyclic) bond motifs is 1. The van der Waals surface area contributed by atoms with E-state index in [-0.39, 0.29) is 0 Å². The van der Waals surface area contributed by atoms with Crippen molar-refractivity contribution in [2.45, 2.75) is 10.9 Å². The Morgan fingerprint density at radius 2 is 2.20 bits per heavy atom. The predicted molar refractivity (Wildman–Crippen MR) is 74.7 cm³/mol. The van der Waals surface area contributed by atoms with Crippen LogP contribution >= 0.6 is 11.8 Å². The summed E-state index contributed by atoms with van der Waals surface area (Å²) in [5, 5.41) is 13.6. The zero-order valence-electron chi connectivity index (χ0n) is 11.0. The molecule has 0 saturated heterocycles. The van der Waals surface area contributed by atoms with E-state index in [1.54, 1.807) is 17.2 Å². The van der Waals surface area contributed by atoms with Gasteiger partial charge in [0, 0.05) is 14.1 Å². The Morgan fingerprint density at radius 1 is 1.35 bits per heavy atom. The monoisotopic (exact) mass is 291 g/mol. The van der Waals surface area contributed by atoms with Crippen molar-refractivity contribution < 1.29 is 0 Å². The number of thioether (sulfide) groups is 1. The lowest BCUT2D eigenvalue weighted by Crippen LogP contribution is -2.11. The maximum atomic E-state index is 5.50. The molecule has 0 spiro atoms. The third-order valence-corrected chi connectivity index (χ3v) is 3.81. The van der Waals surface area contributed by atoms with Gasteiger partial charge in [-0.15, -0.1) is 10.2 Å². The number of rotatable bonds is 4. The summed E-state index contributed by atoms with van der Waals surface area (Å²) < 4.78 is 3.53. The van der Waals surface area contributed by atoms with Gasteiger partial charge in [-0.05, 0) is 0 Å². The molecule has 9 nitrogen and oxygen atoms in total. The quantitative estimate of drug-likeness (QED) is 0.394. The largest absolute Gasteiger partial charge is 0.312 e. The molecule has 0 bridgehead atoms. The Labute approximate surface area is 118 Å². The molecule has 0 aliphatic carbocycles. The van der Waals surface area contributed by atoms with Crippen LogP contribution in [0.5, 0.6) is 0 Å². The molecule has 0 aliphatic heterocycles. The lowest BCUT2D eigenvalue weighted by molar-refractivity contribution is 0.780. The normalized spacial score (nSPS) is 11.2. The van der Waals surface area contributed by atoms with Crippen LogP contribution in [0.15, 0.2) is 17.7 Å². The number of anilines is 1. The molecule has 0 aliphatic rings. The Kier molecular flexibility index (Phi) is 3.24. The minimum Gasteiger partial charge on any atom is -0.312 e. The van der Waals surface area contributed by atoms with E-state index in [9.17, 15) is 0 Å². The summed E-state index contributed by atoms with van der Waals surface area (Å²) in [5.74, 6) is 7.29. The van der Waals surface area contributed by atoms with Crippen LogP contribution in [0, 0.1) is 0 Å². The highest BCUT2D eigenvalue weighted by molar-refractivity contribution is 7.98. The van der Waals surface area contributed by atoms with E-state index in [0.29, 0.717) is 17.4 Å². The van der Waals surface area contributed by atoms with Crippen LogP contribution < -0.4 is 11.3 Å². The number of hydrogen-bond donors (Lipinski definition) is 2. The van der Waals surface area contributed by atoms with Crippen molar-refractivity contribution in [3.8, 4) is 0 Å². The van der Waals surface area contributed by atoms with Crippen LogP contribution in [0.2, 0.25) is 0 Å². The van der Waals surface area contributed by atoms with Gasteiger partial charge in [0.2, 0.25) is 0 Å². The molecule has 10 heteroatoms. The number of nitrogens with one attached hydrogen (secondary N) is 1. The van der Waals surface area contributed by atoms with Gasteiger partial charge in [-0.25, -0.2) is 15.8 Å². The highest BCUT2D eigenvalue weighted by atomic mass is 32.2. The Hall–Kier alpha value is -2.20. The van der Waals surface area contributed by atoms with E-state index < -0.39 is 0 Å². The van der Waals surface area contributed by atoms with E-state index in [4.69, 9.17) is 5.84 Å². The standard InChI is InChI=1S/C10H13N9S/c1-18-5-12-17-10(18)20-4-7-14-8(16-11)6-3-13-19(2)9(6)15-7/h3,5H,4,11H2,1-2H3,(H,14,15,16). The molecular formula is C10H13N9S. The fraction of sp³-hybridized carbons (Fsp3) is 0.300. The van der Waals surface area contributed by atoms with Crippen LogP contribution in [-0.2, 0) is 19.8 Å². The molecule has 3 rings (SSSR count). The van der Waals surface area contributed by atoms with Gasteiger partial charge in [-0.3, -0.25) is 4.68 Å². The summed E-state index contributed by atoms with van der Waals surface area (Å²) in [7, 11) is 3.72. The summed E-state index contributed by atoms with van der Waals surface area (Å²) in [6.07, 6.45) is 3.34. The zero-order chi connectivity index (χ0) is 14.1. The Balaban J connectivity index is 1.91. The van der Waals surface area contributed by atoms with Crippen LogP contribution in [0.4, 0.5) is 5.82 Å². The number of nitrogens with zero attached hydrogens (tertiary/aromatic N) is 7. The lowest BCUT2D eigenvalue weighted by atomic mass is 10.4. The Bertz CT molecular complexity index is 746. The van der Waals surface area contributed by atoms with Gasteiger partial charge in [-0.1, -0.05) is 11.8 Å². The molecule has 20 heavy (non-hydrogen) atoms. The molecule has 0 atom stereocenters. The molecule has 3 N–H and O–H groups in total. The summed E-state index contributed by atoms with van der Waals surface area (Å²) in [4.78, 5) is 8.87. The highest BCUT2D eigenvalue weighted by Crippen LogP contribution is 2.22. The van der Waals surface area contributed by atoms with Crippen molar-refractivity contribution in [3.63, 3.8) is 0 Å². The maximum absolute atomic E-state index is 5.50. The first kappa shape index (κ1) is 12.8. The van der Waals surface area contributed by atoms with Crippen molar-refractivity contribution in [2.24, 2.45) is 19.9 Å².